The van der Waals surface area contributed by atoms with Crippen molar-refractivity contribution < 1.29 is 0 Å². The van der Waals surface area contributed by atoms with Crippen molar-refractivity contribution in [2.45, 2.75) is 52.9 Å². The summed E-state index contributed by atoms with van der Waals surface area (Å²) in [6, 6.07) is 0. The molecule has 0 saturated carbocycles. The first kappa shape index (κ1) is 12.0. The monoisotopic (exact) mass is 171 g/mol. The maximum atomic E-state index is 2.61. The number of unbranched alkanes of at least 4 members (excludes halogenated alkanes) is 3. The minimum Gasteiger partial charge on any atom is -0.303 e. The lowest BCUT2D eigenvalue weighted by molar-refractivity contribution is 0.328. The topological polar surface area (TPSA) is 3.24 Å². The Morgan fingerprint density at radius 1 is 1.00 bits per heavy atom. The fourth-order valence-electron chi connectivity index (χ4n) is 1.77. The Labute approximate surface area is 78.1 Å². The fourth-order valence-corrected chi connectivity index (χ4v) is 1.77. The van der Waals surface area contributed by atoms with Gasteiger partial charge in [-0.25, -0.2) is 0 Å². The predicted molar refractivity (Wildman–Crippen MR) is 56.5 cm³/mol. The molecule has 0 bridgehead atoms. The molecule has 0 spiro atoms. The Morgan fingerprint density at radius 2 is 1.67 bits per heavy atom. The third-order valence-corrected chi connectivity index (χ3v) is 2.53. The molecule has 1 aliphatic heterocycles. The van der Waals surface area contributed by atoms with Crippen molar-refractivity contribution in [2.75, 3.05) is 19.6 Å². The summed E-state index contributed by atoms with van der Waals surface area (Å²) in [6.45, 7) is 6.37. The van der Waals surface area contributed by atoms with Crippen LogP contribution in [0.15, 0.2) is 0 Å². The normalized spacial score (nSPS) is 17.8. The number of hydrogen-bond acceptors (Lipinski definition) is 1. The first-order valence-electron chi connectivity index (χ1n) is 5.16. The molecule has 0 aromatic heterocycles. The molecule has 1 rings (SSSR count). The molecule has 0 N–H and O–H groups in total. The van der Waals surface area contributed by atoms with Gasteiger partial charge in [-0.15, -0.1) is 0 Å². The zero-order valence-electron chi connectivity index (χ0n) is 7.81. The lowest BCUT2D eigenvalue weighted by Crippen LogP contribution is -2.20. The van der Waals surface area contributed by atoms with Crippen LogP contribution in [0.3, 0.4) is 0 Å². The summed E-state index contributed by atoms with van der Waals surface area (Å²) in [6.07, 6.45) is 8.52. The molecule has 1 aliphatic rings. The summed E-state index contributed by atoms with van der Waals surface area (Å²) in [4.78, 5) is 2.61. The Bertz CT molecular complexity index is 85.0. The minimum absolute atomic E-state index is 0. The molecule has 1 heteroatoms. The summed E-state index contributed by atoms with van der Waals surface area (Å²) >= 11 is 0. The second-order valence-electron chi connectivity index (χ2n) is 3.61. The van der Waals surface area contributed by atoms with Gasteiger partial charge in [0.1, 0.15) is 0 Å². The van der Waals surface area contributed by atoms with Crippen molar-refractivity contribution in [1.82, 2.24) is 4.90 Å². The van der Waals surface area contributed by atoms with Crippen LogP contribution in [0.4, 0.5) is 0 Å². The van der Waals surface area contributed by atoms with Crippen molar-refractivity contribution in [3.63, 3.8) is 0 Å². The number of rotatable bonds is 5. The van der Waals surface area contributed by atoms with Gasteiger partial charge in [0.25, 0.3) is 0 Å². The molecule has 0 aromatic carbocycles. The van der Waals surface area contributed by atoms with Crippen LogP contribution in [0.5, 0.6) is 0 Å². The predicted octanol–water partition coefficient (Wildman–Crippen LogP) is 3.30. The number of hydrogen-bond donors (Lipinski definition) is 0. The van der Waals surface area contributed by atoms with Gasteiger partial charge in [0.05, 0.1) is 0 Å². The van der Waals surface area contributed by atoms with Crippen LogP contribution in [0.25, 0.3) is 0 Å². The van der Waals surface area contributed by atoms with E-state index in [0.29, 0.717) is 0 Å². The van der Waals surface area contributed by atoms with Gasteiger partial charge in [0.2, 0.25) is 0 Å². The van der Waals surface area contributed by atoms with E-state index in [9.17, 15) is 0 Å². The van der Waals surface area contributed by atoms with Gasteiger partial charge < -0.3 is 4.90 Å². The smallest absolute Gasteiger partial charge is 0.00183 e. The molecule has 74 valence electrons. The summed E-state index contributed by atoms with van der Waals surface area (Å²) in [5.41, 5.74) is 0. The summed E-state index contributed by atoms with van der Waals surface area (Å²) in [5.74, 6) is 0. The van der Waals surface area contributed by atoms with E-state index in [1.807, 2.05) is 0 Å². The van der Waals surface area contributed by atoms with E-state index in [1.165, 1.54) is 58.2 Å². The van der Waals surface area contributed by atoms with Crippen LogP contribution >= 0.6 is 0 Å². The fraction of sp³-hybridized carbons (Fsp3) is 1.00. The molecule has 0 aromatic rings. The van der Waals surface area contributed by atoms with Gasteiger partial charge in [-0.05, 0) is 38.9 Å². The van der Waals surface area contributed by atoms with E-state index in [0.717, 1.165) is 0 Å². The molecule has 0 unspecified atom stereocenters. The summed E-state index contributed by atoms with van der Waals surface area (Å²) in [7, 11) is 0. The SMILES string of the molecule is C.CCCCCCN1CCCC1. The highest BCUT2D eigenvalue weighted by molar-refractivity contribution is 4.65. The zero-order valence-corrected chi connectivity index (χ0v) is 7.81. The van der Waals surface area contributed by atoms with Crippen molar-refractivity contribution >= 4 is 0 Å². The van der Waals surface area contributed by atoms with E-state index < -0.39 is 0 Å². The number of likely N-dealkylation sites (tertiary alicyclic amines) is 1. The Kier molecular flexibility index (Phi) is 7.58. The maximum Gasteiger partial charge on any atom is -0.00183 e. The van der Waals surface area contributed by atoms with Gasteiger partial charge in [-0.1, -0.05) is 33.6 Å². The number of nitrogens with zero attached hydrogens (tertiary/aromatic N) is 1. The highest BCUT2D eigenvalue weighted by Gasteiger charge is 2.09. The molecule has 0 radical (unpaired) electrons. The molecule has 0 aliphatic carbocycles. The Hall–Kier alpha value is -0.0400. The van der Waals surface area contributed by atoms with E-state index in [-0.39, 0.29) is 7.43 Å². The lowest BCUT2D eigenvalue weighted by Gasteiger charge is -2.13. The maximum absolute atomic E-state index is 2.61. The third-order valence-electron chi connectivity index (χ3n) is 2.53. The van der Waals surface area contributed by atoms with Gasteiger partial charge >= 0.3 is 0 Å². The van der Waals surface area contributed by atoms with E-state index in [2.05, 4.69) is 11.8 Å². The van der Waals surface area contributed by atoms with Crippen LogP contribution in [-0.4, -0.2) is 24.5 Å². The summed E-state index contributed by atoms with van der Waals surface area (Å²) in [5, 5.41) is 0. The molecular formula is C11H25N. The van der Waals surface area contributed by atoms with Crippen LogP contribution in [0.2, 0.25) is 0 Å². The molecule has 1 saturated heterocycles. The third kappa shape index (κ3) is 4.76. The van der Waals surface area contributed by atoms with Gasteiger partial charge in [0, 0.05) is 0 Å². The molecule has 12 heavy (non-hydrogen) atoms. The van der Waals surface area contributed by atoms with E-state index >= 15 is 0 Å². The molecule has 1 heterocycles. The zero-order chi connectivity index (χ0) is 7.94. The van der Waals surface area contributed by atoms with Crippen molar-refractivity contribution in [2.24, 2.45) is 0 Å². The Balaban J connectivity index is 0.00000121. The largest absolute Gasteiger partial charge is 0.303 e. The van der Waals surface area contributed by atoms with Crippen LogP contribution in [0, 0.1) is 0 Å². The first-order valence-corrected chi connectivity index (χ1v) is 5.16. The molecular weight excluding hydrogens is 146 g/mol. The quantitative estimate of drug-likeness (QED) is 0.574. The average molecular weight is 171 g/mol. The van der Waals surface area contributed by atoms with Gasteiger partial charge in [-0.3, -0.25) is 0 Å². The minimum atomic E-state index is 0. The van der Waals surface area contributed by atoms with Gasteiger partial charge in [0.15, 0.2) is 0 Å². The van der Waals surface area contributed by atoms with Crippen molar-refractivity contribution in [3.05, 3.63) is 0 Å². The highest BCUT2D eigenvalue weighted by atomic mass is 15.1. The van der Waals surface area contributed by atoms with Crippen molar-refractivity contribution in [3.8, 4) is 0 Å². The molecule has 0 amide bonds. The van der Waals surface area contributed by atoms with Crippen molar-refractivity contribution in [1.29, 1.82) is 0 Å². The summed E-state index contributed by atoms with van der Waals surface area (Å²) < 4.78 is 0. The standard InChI is InChI=1S/C10H21N.CH4/c1-2-3-4-5-8-11-9-6-7-10-11;/h2-10H2,1H3;1H4. The second-order valence-corrected chi connectivity index (χ2v) is 3.61. The molecule has 1 nitrogen and oxygen atoms in total. The first-order chi connectivity index (χ1) is 5.43. The second kappa shape index (κ2) is 7.60. The molecule has 0 atom stereocenters. The van der Waals surface area contributed by atoms with Crippen LogP contribution < -0.4 is 0 Å². The highest BCUT2D eigenvalue weighted by Crippen LogP contribution is 2.09. The van der Waals surface area contributed by atoms with E-state index in [1.54, 1.807) is 0 Å². The van der Waals surface area contributed by atoms with Crippen LogP contribution in [-0.2, 0) is 0 Å². The van der Waals surface area contributed by atoms with Gasteiger partial charge in [-0.2, -0.15) is 0 Å². The lowest BCUT2D eigenvalue weighted by atomic mass is 10.2. The van der Waals surface area contributed by atoms with Crippen LogP contribution in [0.1, 0.15) is 52.9 Å². The Morgan fingerprint density at radius 3 is 2.25 bits per heavy atom. The van der Waals surface area contributed by atoms with E-state index in [4.69, 9.17) is 0 Å². The molecule has 1 fully saturated rings. The average Bonchev–Trinajstić information content (AvgIpc) is 2.50.